The second-order valence-corrected chi connectivity index (χ2v) is 9.17. The average molecular weight is 488 g/mol. The van der Waals surface area contributed by atoms with Crippen LogP contribution >= 0.6 is 11.8 Å². The van der Waals surface area contributed by atoms with Gasteiger partial charge in [-0.15, -0.1) is 16.8 Å². The summed E-state index contributed by atoms with van der Waals surface area (Å²) in [6.07, 6.45) is 2.41. The summed E-state index contributed by atoms with van der Waals surface area (Å²) < 4.78 is 9.35. The van der Waals surface area contributed by atoms with Crippen LogP contribution in [0.3, 0.4) is 0 Å². The molecule has 0 saturated carbocycles. The van der Waals surface area contributed by atoms with Gasteiger partial charge >= 0.3 is 0 Å². The van der Waals surface area contributed by atoms with Crippen molar-refractivity contribution in [1.82, 2.24) is 24.1 Å². The molecule has 0 atom stereocenters. The molecule has 3 aromatic heterocycles. The monoisotopic (exact) mass is 487 g/mol. The lowest BCUT2D eigenvalue weighted by Crippen LogP contribution is -2.28. The first-order chi connectivity index (χ1) is 17.0. The van der Waals surface area contributed by atoms with E-state index >= 15 is 0 Å². The van der Waals surface area contributed by atoms with Crippen LogP contribution in [0.15, 0.2) is 75.6 Å². The van der Waals surface area contributed by atoms with Crippen LogP contribution in [0.1, 0.15) is 18.2 Å². The summed E-state index contributed by atoms with van der Waals surface area (Å²) in [5.41, 5.74) is 2.43. The third-order valence-electron chi connectivity index (χ3n) is 6.04. The number of hydrogen-bond donors (Lipinski definition) is 0. The summed E-state index contributed by atoms with van der Waals surface area (Å²) in [4.78, 5) is 27.7. The van der Waals surface area contributed by atoms with Crippen LogP contribution in [0.5, 0.6) is 0 Å². The van der Waals surface area contributed by atoms with Crippen LogP contribution in [0.25, 0.3) is 27.6 Å². The van der Waals surface area contributed by atoms with Crippen LogP contribution in [-0.2, 0) is 24.3 Å². The fourth-order valence-electron chi connectivity index (χ4n) is 4.29. The van der Waals surface area contributed by atoms with Crippen LogP contribution < -0.4 is 5.56 Å². The van der Waals surface area contributed by atoms with E-state index in [0.29, 0.717) is 34.9 Å². The number of carbonyl (C=O) groups excluding carboxylic acids is 1. The largest absolute Gasteiger partial charge is 0.461 e. The third kappa shape index (κ3) is 4.01. The third-order valence-corrected chi connectivity index (χ3v) is 6.95. The van der Waals surface area contributed by atoms with Crippen molar-refractivity contribution in [3.05, 3.63) is 82.9 Å². The molecule has 0 aliphatic rings. The molecule has 5 aromatic rings. The normalized spacial score (nSPS) is 11.5. The molecule has 8 nitrogen and oxygen atoms in total. The smallest absolute Gasteiger partial charge is 0.263 e. The molecule has 2 aromatic carbocycles. The number of thioether (sulfide) groups is 1. The molecule has 0 aliphatic heterocycles. The lowest BCUT2D eigenvalue weighted by atomic mass is 10.1. The molecule has 5 rings (SSSR count). The van der Waals surface area contributed by atoms with Gasteiger partial charge in [0.25, 0.3) is 5.56 Å². The van der Waals surface area contributed by atoms with Crippen molar-refractivity contribution in [2.75, 3.05) is 12.8 Å². The number of nitrogens with zero attached hydrogens (tertiary/aromatic N) is 5. The SMILES string of the molecule is C=CCn1c(=O)c2ccccc2n2c(SCC(=O)N(C)Cc3c(CC)oc4ccccc34)nnc12. The highest BCUT2D eigenvalue weighted by Gasteiger charge is 2.20. The van der Waals surface area contributed by atoms with Gasteiger partial charge in [-0.3, -0.25) is 18.6 Å². The Hall–Kier alpha value is -3.85. The average Bonchev–Trinajstić information content (AvgIpc) is 3.46. The molecule has 0 N–H and O–H groups in total. The van der Waals surface area contributed by atoms with Crippen LogP contribution in [0.4, 0.5) is 0 Å². The molecule has 0 fully saturated rings. The molecule has 35 heavy (non-hydrogen) atoms. The van der Waals surface area contributed by atoms with E-state index in [9.17, 15) is 9.59 Å². The van der Waals surface area contributed by atoms with Gasteiger partial charge in [-0.25, -0.2) is 0 Å². The molecular weight excluding hydrogens is 462 g/mol. The second-order valence-electron chi connectivity index (χ2n) is 8.23. The number of rotatable bonds is 8. The number of fused-ring (bicyclic) bond motifs is 4. The number of amides is 1. The molecule has 1 amide bonds. The number of furan rings is 1. The molecule has 0 saturated heterocycles. The summed E-state index contributed by atoms with van der Waals surface area (Å²) in [5.74, 6) is 1.47. The summed E-state index contributed by atoms with van der Waals surface area (Å²) in [7, 11) is 1.79. The van der Waals surface area contributed by atoms with Crippen LogP contribution in [0, 0.1) is 0 Å². The Bertz CT molecular complexity index is 1630. The van der Waals surface area contributed by atoms with Gasteiger partial charge in [0.05, 0.1) is 16.7 Å². The Morgan fingerprint density at radius 2 is 1.89 bits per heavy atom. The number of allylic oxidation sites excluding steroid dienone is 1. The Kier molecular flexibility index (Phi) is 6.17. The van der Waals surface area contributed by atoms with Crippen molar-refractivity contribution in [1.29, 1.82) is 0 Å². The zero-order valence-corrected chi connectivity index (χ0v) is 20.4. The molecule has 178 valence electrons. The molecule has 3 heterocycles. The van der Waals surface area contributed by atoms with Crippen LogP contribution in [-0.4, -0.2) is 42.8 Å². The fraction of sp³-hybridized carbons (Fsp3) is 0.231. The maximum absolute atomic E-state index is 13.1. The van der Waals surface area contributed by atoms with E-state index in [4.69, 9.17) is 4.42 Å². The zero-order chi connectivity index (χ0) is 24.5. The van der Waals surface area contributed by atoms with Crippen molar-refractivity contribution in [3.8, 4) is 0 Å². The molecule has 0 radical (unpaired) electrons. The molecule has 0 aliphatic carbocycles. The lowest BCUT2D eigenvalue weighted by Gasteiger charge is -2.17. The van der Waals surface area contributed by atoms with Crippen LogP contribution in [0.2, 0.25) is 0 Å². The van der Waals surface area contributed by atoms with Crippen molar-refractivity contribution in [2.24, 2.45) is 0 Å². The summed E-state index contributed by atoms with van der Waals surface area (Å²) in [6, 6.07) is 15.2. The van der Waals surface area contributed by atoms with Crippen molar-refractivity contribution in [3.63, 3.8) is 0 Å². The minimum Gasteiger partial charge on any atom is -0.461 e. The van der Waals surface area contributed by atoms with Crippen molar-refractivity contribution in [2.45, 2.75) is 31.6 Å². The maximum atomic E-state index is 13.1. The standard InChI is InChI=1S/C26H25N5O3S/c1-4-14-30-24(33)18-11-6-8-12-20(18)31-25(30)27-28-26(31)35-16-23(32)29(3)15-19-17-10-7-9-13-22(17)34-21(19)5-2/h4,6-13H,1,5,14-16H2,2-3H3. The minimum atomic E-state index is -0.146. The molecule has 0 bridgehead atoms. The van der Waals surface area contributed by atoms with E-state index in [1.54, 1.807) is 24.1 Å². The first-order valence-electron chi connectivity index (χ1n) is 11.4. The molecule has 0 spiro atoms. The number of aromatic nitrogens is 4. The van der Waals surface area contributed by atoms with E-state index < -0.39 is 0 Å². The number of para-hydroxylation sites is 2. The highest BCUT2D eigenvalue weighted by molar-refractivity contribution is 7.99. The Morgan fingerprint density at radius 3 is 2.66 bits per heavy atom. The lowest BCUT2D eigenvalue weighted by molar-refractivity contribution is -0.127. The van der Waals surface area contributed by atoms with Gasteiger partial charge in [0.1, 0.15) is 11.3 Å². The highest BCUT2D eigenvalue weighted by Crippen LogP contribution is 2.28. The fourth-order valence-corrected chi connectivity index (χ4v) is 5.17. The van der Waals surface area contributed by atoms with Gasteiger partial charge < -0.3 is 9.32 Å². The predicted molar refractivity (Wildman–Crippen MR) is 138 cm³/mol. The van der Waals surface area contributed by atoms with Crippen molar-refractivity contribution < 1.29 is 9.21 Å². The van der Waals surface area contributed by atoms with Crippen molar-refractivity contribution >= 4 is 45.3 Å². The van der Waals surface area contributed by atoms with Gasteiger partial charge in [-0.2, -0.15) is 0 Å². The Morgan fingerprint density at radius 1 is 1.14 bits per heavy atom. The highest BCUT2D eigenvalue weighted by atomic mass is 32.2. The maximum Gasteiger partial charge on any atom is 0.263 e. The molecular formula is C26H25N5O3S. The quantitative estimate of drug-likeness (QED) is 0.240. The number of hydrogen-bond acceptors (Lipinski definition) is 6. The number of aryl methyl sites for hydroxylation is 1. The minimum absolute atomic E-state index is 0.0391. The van der Waals surface area contributed by atoms with Gasteiger partial charge in [0.15, 0.2) is 5.16 Å². The summed E-state index contributed by atoms with van der Waals surface area (Å²) in [5, 5.41) is 10.7. The number of carbonyl (C=O) groups is 1. The van der Waals surface area contributed by atoms with Gasteiger partial charge in [0.2, 0.25) is 11.7 Å². The molecule has 9 heteroatoms. The number of benzene rings is 2. The first kappa shape index (κ1) is 22.9. The predicted octanol–water partition coefficient (Wildman–Crippen LogP) is 4.29. The van der Waals surface area contributed by atoms with Gasteiger partial charge in [-0.05, 0) is 18.2 Å². The summed E-state index contributed by atoms with van der Waals surface area (Å²) in [6.45, 7) is 6.58. The van der Waals surface area contributed by atoms with E-state index in [1.807, 2.05) is 53.8 Å². The topological polar surface area (TPSA) is 85.6 Å². The Balaban J connectivity index is 1.42. The van der Waals surface area contributed by atoms with Gasteiger partial charge in [0, 0.05) is 37.5 Å². The zero-order valence-electron chi connectivity index (χ0n) is 19.6. The Labute approximate surface area is 205 Å². The summed E-state index contributed by atoms with van der Waals surface area (Å²) >= 11 is 1.30. The first-order valence-corrected chi connectivity index (χ1v) is 12.4. The van der Waals surface area contributed by atoms with E-state index in [-0.39, 0.29) is 17.2 Å². The second kappa shape index (κ2) is 9.42. The van der Waals surface area contributed by atoms with E-state index in [0.717, 1.165) is 28.7 Å². The van der Waals surface area contributed by atoms with E-state index in [2.05, 4.69) is 16.8 Å². The van der Waals surface area contributed by atoms with Gasteiger partial charge in [-0.1, -0.05) is 55.1 Å². The molecule has 0 unspecified atom stereocenters. The van der Waals surface area contributed by atoms with E-state index in [1.165, 1.54) is 16.3 Å².